The second-order valence-electron chi connectivity index (χ2n) is 7.95. The van der Waals surface area contributed by atoms with Crippen molar-refractivity contribution in [1.82, 2.24) is 5.43 Å². The number of anilines is 1. The number of halogens is 1. The standard InChI is InChI=1S/C27H25ClN2O5/c1-17-9-10-21(13-18(17)2)34-11-12-35-25-23(28)15-19(16-24(25)33-3)14-22-26(31)29-30(27(22)32)20-7-5-4-6-8-20/h4-10,13-16H,11-12H2,1-3H3,(H,29,31). The number of rotatable bonds is 8. The monoisotopic (exact) mass is 492 g/mol. The summed E-state index contributed by atoms with van der Waals surface area (Å²) < 4.78 is 17.0. The van der Waals surface area contributed by atoms with Gasteiger partial charge in [-0.1, -0.05) is 35.9 Å². The summed E-state index contributed by atoms with van der Waals surface area (Å²) in [5.74, 6) is 0.535. The van der Waals surface area contributed by atoms with Gasteiger partial charge in [-0.05, 0) is 73.0 Å². The molecule has 3 aromatic rings. The van der Waals surface area contributed by atoms with Gasteiger partial charge in [0.25, 0.3) is 11.8 Å². The summed E-state index contributed by atoms with van der Waals surface area (Å²) in [4.78, 5) is 25.3. The predicted octanol–water partition coefficient (Wildman–Crippen LogP) is 4.88. The fraction of sp³-hybridized carbons (Fsp3) is 0.185. The van der Waals surface area contributed by atoms with Gasteiger partial charge in [-0.25, -0.2) is 5.01 Å². The largest absolute Gasteiger partial charge is 0.493 e. The van der Waals surface area contributed by atoms with Crippen LogP contribution in [-0.2, 0) is 9.59 Å². The Labute approximate surface area is 208 Å². The Morgan fingerprint density at radius 1 is 0.943 bits per heavy atom. The van der Waals surface area contributed by atoms with Gasteiger partial charge in [0.15, 0.2) is 11.5 Å². The first-order valence-corrected chi connectivity index (χ1v) is 11.4. The van der Waals surface area contributed by atoms with Gasteiger partial charge in [0.2, 0.25) is 0 Å². The van der Waals surface area contributed by atoms with Crippen LogP contribution in [0, 0.1) is 13.8 Å². The predicted molar refractivity (Wildman–Crippen MR) is 135 cm³/mol. The van der Waals surface area contributed by atoms with Gasteiger partial charge in [0, 0.05) is 0 Å². The van der Waals surface area contributed by atoms with Crippen molar-refractivity contribution in [2.75, 3.05) is 25.3 Å². The van der Waals surface area contributed by atoms with E-state index in [0.717, 1.165) is 11.3 Å². The molecule has 0 radical (unpaired) electrons. The van der Waals surface area contributed by atoms with Crippen LogP contribution >= 0.6 is 11.6 Å². The van der Waals surface area contributed by atoms with Crippen LogP contribution in [0.3, 0.4) is 0 Å². The van der Waals surface area contributed by atoms with E-state index in [9.17, 15) is 9.59 Å². The summed E-state index contributed by atoms with van der Waals surface area (Å²) >= 11 is 6.46. The number of ether oxygens (including phenoxy) is 3. The summed E-state index contributed by atoms with van der Waals surface area (Å²) in [7, 11) is 1.49. The van der Waals surface area contributed by atoms with Crippen LogP contribution in [0.5, 0.6) is 17.2 Å². The summed E-state index contributed by atoms with van der Waals surface area (Å²) in [6.45, 7) is 4.64. The molecule has 1 aliphatic rings. The maximum Gasteiger partial charge on any atom is 0.282 e. The van der Waals surface area contributed by atoms with Gasteiger partial charge in [0.05, 0.1) is 17.8 Å². The number of nitrogens with one attached hydrogen (secondary N) is 1. The molecule has 0 unspecified atom stereocenters. The minimum atomic E-state index is -0.502. The Kier molecular flexibility index (Phi) is 7.27. The van der Waals surface area contributed by atoms with E-state index in [1.54, 1.807) is 36.4 Å². The molecule has 0 aromatic heterocycles. The molecular weight excluding hydrogens is 468 g/mol. The van der Waals surface area contributed by atoms with Crippen LogP contribution in [0.15, 0.2) is 66.2 Å². The highest BCUT2D eigenvalue weighted by Gasteiger charge is 2.34. The van der Waals surface area contributed by atoms with E-state index in [-0.39, 0.29) is 17.2 Å². The van der Waals surface area contributed by atoms with Crippen LogP contribution in [0.4, 0.5) is 5.69 Å². The van der Waals surface area contributed by atoms with Gasteiger partial charge in [0.1, 0.15) is 24.5 Å². The molecule has 180 valence electrons. The minimum Gasteiger partial charge on any atom is -0.493 e. The third-order valence-corrected chi connectivity index (χ3v) is 5.83. The first-order chi connectivity index (χ1) is 16.9. The van der Waals surface area contributed by atoms with Crippen LogP contribution in [0.1, 0.15) is 16.7 Å². The summed E-state index contributed by atoms with van der Waals surface area (Å²) in [6.07, 6.45) is 1.47. The lowest BCUT2D eigenvalue weighted by Crippen LogP contribution is -2.35. The molecule has 0 bridgehead atoms. The molecule has 0 aliphatic carbocycles. The van der Waals surface area contributed by atoms with Crippen molar-refractivity contribution >= 4 is 35.2 Å². The second-order valence-corrected chi connectivity index (χ2v) is 8.36. The molecule has 35 heavy (non-hydrogen) atoms. The maximum atomic E-state index is 12.8. The third kappa shape index (κ3) is 5.41. The van der Waals surface area contributed by atoms with Crippen molar-refractivity contribution in [2.24, 2.45) is 0 Å². The van der Waals surface area contributed by atoms with Crippen molar-refractivity contribution in [3.8, 4) is 17.2 Å². The Morgan fingerprint density at radius 3 is 2.40 bits per heavy atom. The summed E-state index contributed by atoms with van der Waals surface area (Å²) in [6, 6.07) is 18.0. The van der Waals surface area contributed by atoms with Gasteiger partial charge < -0.3 is 14.2 Å². The number of nitrogens with zero attached hydrogens (tertiary/aromatic N) is 1. The number of hydrogen-bond donors (Lipinski definition) is 1. The zero-order chi connectivity index (χ0) is 24.9. The Balaban J connectivity index is 1.46. The number of amides is 2. The first kappa shape index (κ1) is 24.2. The molecule has 4 rings (SSSR count). The number of para-hydroxylation sites is 1. The molecule has 7 nitrogen and oxygen atoms in total. The molecule has 0 atom stereocenters. The van der Waals surface area contributed by atoms with Gasteiger partial charge in [-0.3, -0.25) is 15.0 Å². The number of hydrazine groups is 1. The van der Waals surface area contributed by atoms with Crippen LogP contribution in [0.2, 0.25) is 5.02 Å². The molecule has 1 fully saturated rings. The van der Waals surface area contributed by atoms with Crippen molar-refractivity contribution < 1.29 is 23.8 Å². The average Bonchev–Trinajstić information content (AvgIpc) is 3.13. The number of hydrogen-bond acceptors (Lipinski definition) is 5. The fourth-order valence-corrected chi connectivity index (χ4v) is 3.83. The van der Waals surface area contributed by atoms with E-state index in [4.69, 9.17) is 25.8 Å². The highest BCUT2D eigenvalue weighted by Crippen LogP contribution is 2.37. The number of benzene rings is 3. The Morgan fingerprint density at radius 2 is 1.69 bits per heavy atom. The van der Waals surface area contributed by atoms with E-state index < -0.39 is 11.8 Å². The lowest BCUT2D eigenvalue weighted by atomic mass is 10.1. The highest BCUT2D eigenvalue weighted by atomic mass is 35.5. The molecule has 1 aliphatic heterocycles. The number of carbonyl (C=O) groups is 2. The zero-order valence-corrected chi connectivity index (χ0v) is 20.4. The van der Waals surface area contributed by atoms with E-state index in [1.165, 1.54) is 23.8 Å². The van der Waals surface area contributed by atoms with E-state index in [0.29, 0.717) is 29.4 Å². The normalized spacial score (nSPS) is 14.3. The molecule has 1 N–H and O–H groups in total. The second kappa shape index (κ2) is 10.5. The smallest absolute Gasteiger partial charge is 0.282 e. The number of carbonyl (C=O) groups excluding carboxylic acids is 2. The maximum absolute atomic E-state index is 12.8. The molecule has 0 spiro atoms. The number of methoxy groups -OCH3 is 1. The summed E-state index contributed by atoms with van der Waals surface area (Å²) in [5.41, 5.74) is 6.01. The van der Waals surface area contributed by atoms with Gasteiger partial charge in [-0.15, -0.1) is 0 Å². The number of aryl methyl sites for hydroxylation is 2. The SMILES string of the molecule is COc1cc(C=C2C(=O)NN(c3ccccc3)C2=O)cc(Cl)c1OCCOc1ccc(C)c(C)c1. The van der Waals surface area contributed by atoms with Crippen LogP contribution in [-0.4, -0.2) is 32.1 Å². The molecule has 1 saturated heterocycles. The minimum absolute atomic E-state index is 0.0116. The third-order valence-electron chi connectivity index (χ3n) is 5.55. The van der Waals surface area contributed by atoms with Crippen molar-refractivity contribution in [1.29, 1.82) is 0 Å². The van der Waals surface area contributed by atoms with Crippen LogP contribution < -0.4 is 24.6 Å². The quantitative estimate of drug-likeness (QED) is 0.275. The molecular formula is C27H25ClN2O5. The molecule has 8 heteroatoms. The van der Waals surface area contributed by atoms with Gasteiger partial charge >= 0.3 is 0 Å². The van der Waals surface area contributed by atoms with Crippen molar-refractivity contribution in [3.05, 3.63) is 87.9 Å². The first-order valence-electron chi connectivity index (χ1n) is 11.0. The Bertz CT molecular complexity index is 1290. The zero-order valence-electron chi connectivity index (χ0n) is 19.6. The van der Waals surface area contributed by atoms with E-state index >= 15 is 0 Å². The van der Waals surface area contributed by atoms with E-state index in [2.05, 4.69) is 5.43 Å². The van der Waals surface area contributed by atoms with Crippen molar-refractivity contribution in [3.63, 3.8) is 0 Å². The average molecular weight is 493 g/mol. The summed E-state index contributed by atoms with van der Waals surface area (Å²) in [5, 5.41) is 1.49. The molecule has 2 amide bonds. The Hall–Kier alpha value is -3.97. The lowest BCUT2D eigenvalue weighted by Gasteiger charge is -2.14. The topological polar surface area (TPSA) is 77.1 Å². The van der Waals surface area contributed by atoms with Gasteiger partial charge in [-0.2, -0.15) is 0 Å². The molecule has 3 aromatic carbocycles. The highest BCUT2D eigenvalue weighted by molar-refractivity contribution is 6.33. The van der Waals surface area contributed by atoms with Crippen molar-refractivity contribution in [2.45, 2.75) is 13.8 Å². The fourth-order valence-electron chi connectivity index (χ4n) is 3.55. The lowest BCUT2D eigenvalue weighted by molar-refractivity contribution is -0.117. The van der Waals surface area contributed by atoms with Crippen LogP contribution in [0.25, 0.3) is 6.08 Å². The van der Waals surface area contributed by atoms with E-state index in [1.807, 2.05) is 38.1 Å². The molecule has 0 saturated carbocycles. The molecule has 1 heterocycles.